The van der Waals surface area contributed by atoms with E-state index in [0.29, 0.717) is 18.7 Å². The summed E-state index contributed by atoms with van der Waals surface area (Å²) in [6, 6.07) is 14.9. The predicted molar refractivity (Wildman–Crippen MR) is 121 cm³/mol. The highest BCUT2D eigenvalue weighted by Crippen LogP contribution is 2.36. The summed E-state index contributed by atoms with van der Waals surface area (Å²) in [6.07, 6.45) is -10.4. The van der Waals surface area contributed by atoms with Gasteiger partial charge in [-0.15, -0.1) is 0 Å². The minimum absolute atomic E-state index is 0.116. The number of benzene rings is 3. The van der Waals surface area contributed by atoms with Gasteiger partial charge in [0, 0.05) is 31.7 Å². The van der Waals surface area contributed by atoms with E-state index >= 15 is 0 Å². The second-order valence-corrected chi connectivity index (χ2v) is 8.58. The van der Waals surface area contributed by atoms with Gasteiger partial charge in [-0.2, -0.15) is 26.3 Å². The number of amides is 2. The number of alkyl halides is 6. The van der Waals surface area contributed by atoms with Gasteiger partial charge in [-0.25, -0.2) is 0 Å². The van der Waals surface area contributed by atoms with Gasteiger partial charge in [0.05, 0.1) is 0 Å². The molecule has 0 saturated heterocycles. The van der Waals surface area contributed by atoms with Gasteiger partial charge in [0.15, 0.2) is 0 Å². The molecular formula is C22H12Br2F6N2O2. The van der Waals surface area contributed by atoms with Crippen LogP contribution in [0, 0.1) is 0 Å². The highest BCUT2D eigenvalue weighted by Gasteiger charge is 2.45. The maximum Gasteiger partial charge on any atom is 0.472 e. The lowest BCUT2D eigenvalue weighted by molar-refractivity contribution is -0.169. The molecule has 0 bridgehead atoms. The van der Waals surface area contributed by atoms with Gasteiger partial charge in [-0.3, -0.25) is 19.4 Å². The first-order chi connectivity index (χ1) is 15.8. The molecule has 0 aliphatic rings. The van der Waals surface area contributed by atoms with Crippen molar-refractivity contribution in [3.05, 3.63) is 81.7 Å². The Balaban J connectivity index is 2.08. The van der Waals surface area contributed by atoms with E-state index in [1.54, 1.807) is 0 Å². The smallest absolute Gasteiger partial charge is 0.273 e. The molecule has 3 rings (SSSR count). The first-order valence-electron chi connectivity index (χ1n) is 9.23. The normalized spacial score (nSPS) is 11.8. The monoisotopic (exact) mass is 608 g/mol. The quantitative estimate of drug-likeness (QED) is 0.285. The Kier molecular flexibility index (Phi) is 7.41. The van der Waals surface area contributed by atoms with Gasteiger partial charge in [0.1, 0.15) is 0 Å². The Morgan fingerprint density at radius 2 is 0.706 bits per heavy atom. The molecule has 0 unspecified atom stereocenters. The molecule has 0 aliphatic heterocycles. The molecule has 0 spiro atoms. The summed E-state index contributed by atoms with van der Waals surface area (Å²) in [6.45, 7) is 0. The highest BCUT2D eigenvalue weighted by atomic mass is 79.9. The van der Waals surface area contributed by atoms with E-state index in [9.17, 15) is 35.9 Å². The van der Waals surface area contributed by atoms with Crippen molar-refractivity contribution < 1.29 is 35.9 Å². The third kappa shape index (κ3) is 5.79. The fraction of sp³-hybridized carbons (Fsp3) is 0.0909. The number of carbonyl (C=O) groups excluding carboxylic acids is 2. The molecule has 0 fully saturated rings. The van der Waals surface area contributed by atoms with E-state index in [-0.39, 0.29) is 22.7 Å². The van der Waals surface area contributed by atoms with E-state index in [4.69, 9.17) is 0 Å². The molecule has 178 valence electrons. The van der Waals surface area contributed by atoms with Crippen molar-refractivity contribution in [3.63, 3.8) is 0 Å². The van der Waals surface area contributed by atoms with Crippen LogP contribution in [0.3, 0.4) is 0 Å². The molecule has 3 aromatic rings. The molecule has 34 heavy (non-hydrogen) atoms. The zero-order valence-electron chi connectivity index (χ0n) is 16.7. The van der Waals surface area contributed by atoms with E-state index in [1.807, 2.05) is 0 Å². The van der Waals surface area contributed by atoms with Gasteiger partial charge in [0.25, 0.3) is 0 Å². The van der Waals surface area contributed by atoms with Gasteiger partial charge < -0.3 is 0 Å². The van der Waals surface area contributed by atoms with Crippen LogP contribution >= 0.6 is 31.9 Å². The molecule has 3 aromatic carbocycles. The molecular weight excluding hydrogens is 598 g/mol. The molecule has 12 heteroatoms. The Bertz CT molecular complexity index is 1080. The van der Waals surface area contributed by atoms with Crippen molar-refractivity contribution >= 4 is 66.4 Å². The minimum Gasteiger partial charge on any atom is -0.273 e. The van der Waals surface area contributed by atoms with Crippen LogP contribution < -0.4 is 9.80 Å². The first-order valence-corrected chi connectivity index (χ1v) is 10.8. The number of rotatable bonds is 4. The Hall–Kier alpha value is -2.86. The van der Waals surface area contributed by atoms with Crippen LogP contribution in [0.15, 0.2) is 81.7 Å². The molecule has 0 aliphatic carbocycles. The van der Waals surface area contributed by atoms with Crippen molar-refractivity contribution in [2.24, 2.45) is 0 Å². The fourth-order valence-electron chi connectivity index (χ4n) is 2.95. The number of hydrogen-bond donors (Lipinski definition) is 0. The summed E-state index contributed by atoms with van der Waals surface area (Å²) in [5.74, 6) is -4.39. The largest absolute Gasteiger partial charge is 0.472 e. The molecule has 0 saturated carbocycles. The van der Waals surface area contributed by atoms with Crippen LogP contribution in [-0.4, -0.2) is 24.2 Å². The van der Waals surface area contributed by atoms with Crippen LogP contribution in [-0.2, 0) is 9.59 Å². The average molecular weight is 610 g/mol. The summed E-state index contributed by atoms with van der Waals surface area (Å²) in [4.78, 5) is 25.0. The lowest BCUT2D eigenvalue weighted by atomic mass is 10.2. The maximum absolute atomic E-state index is 13.3. The maximum atomic E-state index is 13.3. The first kappa shape index (κ1) is 25.8. The zero-order valence-corrected chi connectivity index (χ0v) is 19.8. The van der Waals surface area contributed by atoms with Crippen LogP contribution in [0.5, 0.6) is 0 Å². The van der Waals surface area contributed by atoms with Crippen LogP contribution in [0.1, 0.15) is 0 Å². The van der Waals surface area contributed by atoms with Crippen molar-refractivity contribution in [1.82, 2.24) is 0 Å². The third-order valence-corrected chi connectivity index (χ3v) is 5.48. The average Bonchev–Trinajstić information content (AvgIpc) is 2.76. The van der Waals surface area contributed by atoms with E-state index in [2.05, 4.69) is 31.9 Å². The van der Waals surface area contributed by atoms with Crippen molar-refractivity contribution in [2.75, 3.05) is 9.80 Å². The van der Waals surface area contributed by atoms with Gasteiger partial charge in [-0.05, 0) is 72.8 Å². The Morgan fingerprint density at radius 3 is 0.912 bits per heavy atom. The Labute approximate surface area is 206 Å². The number of nitrogens with zero attached hydrogens (tertiary/aromatic N) is 2. The molecule has 0 radical (unpaired) electrons. The summed E-state index contributed by atoms with van der Waals surface area (Å²) in [7, 11) is 0. The predicted octanol–water partition coefficient (Wildman–Crippen LogP) is 7.67. The molecule has 4 nitrogen and oxygen atoms in total. The summed E-state index contributed by atoms with van der Waals surface area (Å²) < 4.78 is 80.7. The van der Waals surface area contributed by atoms with E-state index in [1.165, 1.54) is 48.5 Å². The number of halogens is 8. The molecule has 2 amide bonds. The third-order valence-electron chi connectivity index (χ3n) is 4.43. The number of hydrogen-bond acceptors (Lipinski definition) is 2. The lowest BCUT2D eigenvalue weighted by Gasteiger charge is -2.27. The van der Waals surface area contributed by atoms with Gasteiger partial charge in [0.2, 0.25) is 0 Å². The highest BCUT2D eigenvalue weighted by molar-refractivity contribution is 9.10. The molecule has 0 heterocycles. The summed E-state index contributed by atoms with van der Waals surface area (Å²) >= 11 is 6.30. The van der Waals surface area contributed by atoms with Crippen molar-refractivity contribution in [2.45, 2.75) is 12.4 Å². The van der Waals surface area contributed by atoms with Crippen LogP contribution in [0.25, 0.3) is 0 Å². The second-order valence-electron chi connectivity index (χ2n) is 6.75. The standard InChI is InChI=1S/C22H12Br2F6N2O2/c23-13-1-5-15(6-2-13)31(19(33)21(25,26)27)17-9-11-18(12-10-17)32(20(34)22(28,29)30)16-7-3-14(24)4-8-16/h1-12H. The van der Waals surface area contributed by atoms with Crippen LogP contribution in [0.4, 0.5) is 49.1 Å². The molecule has 0 N–H and O–H groups in total. The van der Waals surface area contributed by atoms with Crippen LogP contribution in [0.2, 0.25) is 0 Å². The summed E-state index contributed by atoms with van der Waals surface area (Å²) in [5.41, 5.74) is -0.754. The number of carbonyl (C=O) groups is 2. The lowest BCUT2D eigenvalue weighted by Crippen LogP contribution is -2.39. The fourth-order valence-corrected chi connectivity index (χ4v) is 3.48. The topological polar surface area (TPSA) is 40.6 Å². The molecule has 0 atom stereocenters. The molecule has 0 aromatic heterocycles. The Morgan fingerprint density at radius 1 is 0.500 bits per heavy atom. The van der Waals surface area contributed by atoms with Gasteiger partial charge in [-0.1, -0.05) is 31.9 Å². The summed E-state index contributed by atoms with van der Waals surface area (Å²) in [5, 5.41) is 0. The van der Waals surface area contributed by atoms with Gasteiger partial charge >= 0.3 is 24.2 Å². The SMILES string of the molecule is O=C(N(c1ccc(Br)cc1)c1ccc(N(C(=O)C(F)(F)F)c2ccc(Br)cc2)cc1)C(F)(F)F. The van der Waals surface area contributed by atoms with E-state index in [0.717, 1.165) is 24.3 Å². The van der Waals surface area contributed by atoms with E-state index < -0.39 is 24.2 Å². The second kappa shape index (κ2) is 9.79. The van der Waals surface area contributed by atoms with Crippen molar-refractivity contribution in [1.29, 1.82) is 0 Å². The number of anilines is 4. The zero-order chi connectivity index (χ0) is 25.3. The van der Waals surface area contributed by atoms with Crippen molar-refractivity contribution in [3.8, 4) is 0 Å². The minimum atomic E-state index is -5.22.